The molecule has 0 aliphatic heterocycles. The minimum atomic E-state index is -0.437. The van der Waals surface area contributed by atoms with Crippen molar-refractivity contribution in [2.24, 2.45) is 0 Å². The molecule has 6 nitrogen and oxygen atoms in total. The van der Waals surface area contributed by atoms with Crippen molar-refractivity contribution in [2.45, 2.75) is 13.8 Å². The van der Waals surface area contributed by atoms with Gasteiger partial charge in [0, 0.05) is 17.2 Å². The summed E-state index contributed by atoms with van der Waals surface area (Å²) in [4.78, 5) is 26.6. The van der Waals surface area contributed by atoms with E-state index in [9.17, 15) is 14.0 Å². The van der Waals surface area contributed by atoms with Gasteiger partial charge in [0.25, 0.3) is 5.91 Å². The molecule has 0 radical (unpaired) electrons. The number of rotatable bonds is 5. The zero-order valence-electron chi connectivity index (χ0n) is 16.5. The third-order valence-electron chi connectivity index (χ3n) is 4.48. The van der Waals surface area contributed by atoms with Crippen LogP contribution >= 0.6 is 27.5 Å². The summed E-state index contributed by atoms with van der Waals surface area (Å²) in [6, 6.07) is 11.1. The molecule has 0 spiro atoms. The van der Waals surface area contributed by atoms with E-state index in [2.05, 4.69) is 26.3 Å². The van der Waals surface area contributed by atoms with Gasteiger partial charge in [-0.2, -0.15) is 5.10 Å². The van der Waals surface area contributed by atoms with Gasteiger partial charge < -0.3 is 10.2 Å². The van der Waals surface area contributed by atoms with Crippen molar-refractivity contribution in [3.8, 4) is 5.69 Å². The summed E-state index contributed by atoms with van der Waals surface area (Å²) in [6.07, 6.45) is 0. The second-order valence-electron chi connectivity index (χ2n) is 6.81. The fourth-order valence-electron chi connectivity index (χ4n) is 2.93. The molecule has 9 heteroatoms. The van der Waals surface area contributed by atoms with Crippen LogP contribution in [0.4, 0.5) is 10.1 Å². The molecule has 156 valence electrons. The number of carbonyl (C=O) groups is 2. The lowest BCUT2D eigenvalue weighted by Gasteiger charge is -2.17. The molecule has 3 rings (SSSR count). The highest BCUT2D eigenvalue weighted by Crippen LogP contribution is 2.25. The summed E-state index contributed by atoms with van der Waals surface area (Å²) >= 11 is 9.78. The van der Waals surface area contributed by atoms with Crippen LogP contribution in [-0.2, 0) is 4.79 Å². The Balaban J connectivity index is 1.75. The van der Waals surface area contributed by atoms with Gasteiger partial charge in [0.2, 0.25) is 5.91 Å². The highest BCUT2D eigenvalue weighted by Gasteiger charge is 2.25. The number of aryl methyl sites for hydroxylation is 2. The van der Waals surface area contributed by atoms with Crippen molar-refractivity contribution in [2.75, 3.05) is 18.9 Å². The van der Waals surface area contributed by atoms with E-state index in [-0.39, 0.29) is 29.0 Å². The summed E-state index contributed by atoms with van der Waals surface area (Å²) < 4.78 is 15.5. The number of benzene rings is 2. The lowest BCUT2D eigenvalue weighted by Crippen LogP contribution is -2.35. The van der Waals surface area contributed by atoms with Gasteiger partial charge in [-0.25, -0.2) is 9.07 Å². The maximum atomic E-state index is 13.2. The Morgan fingerprint density at radius 3 is 2.50 bits per heavy atom. The van der Waals surface area contributed by atoms with Crippen molar-refractivity contribution < 1.29 is 14.0 Å². The molecule has 2 aromatic carbocycles. The topological polar surface area (TPSA) is 67.2 Å². The number of amides is 2. The zero-order chi connectivity index (χ0) is 22.0. The Morgan fingerprint density at radius 2 is 1.87 bits per heavy atom. The Labute approximate surface area is 186 Å². The maximum absolute atomic E-state index is 13.2. The normalized spacial score (nSPS) is 10.7. The predicted molar refractivity (Wildman–Crippen MR) is 118 cm³/mol. The fourth-order valence-corrected chi connectivity index (χ4v) is 3.76. The lowest BCUT2D eigenvalue weighted by molar-refractivity contribution is -0.116. The molecule has 1 N–H and O–H groups in total. The number of aromatic nitrogens is 2. The highest BCUT2D eigenvalue weighted by molar-refractivity contribution is 9.10. The number of hydrogen-bond donors (Lipinski definition) is 1. The number of hydrogen-bond acceptors (Lipinski definition) is 3. The molecule has 0 aliphatic rings. The van der Waals surface area contributed by atoms with E-state index in [0.29, 0.717) is 17.1 Å². The van der Waals surface area contributed by atoms with E-state index < -0.39 is 5.91 Å². The van der Waals surface area contributed by atoms with Crippen LogP contribution in [0.15, 0.2) is 46.9 Å². The quantitative estimate of drug-likeness (QED) is 0.557. The molecule has 1 aromatic heterocycles. The van der Waals surface area contributed by atoms with Gasteiger partial charge in [0.15, 0.2) is 0 Å². The van der Waals surface area contributed by atoms with Crippen LogP contribution in [0.1, 0.15) is 21.6 Å². The van der Waals surface area contributed by atoms with Crippen molar-refractivity contribution in [3.63, 3.8) is 0 Å². The summed E-state index contributed by atoms with van der Waals surface area (Å²) in [5.74, 6) is -1.16. The van der Waals surface area contributed by atoms with Crippen molar-refractivity contribution in [1.82, 2.24) is 14.7 Å². The molecule has 0 unspecified atom stereocenters. The number of halogens is 3. The molecule has 0 fully saturated rings. The average Bonchev–Trinajstić information content (AvgIpc) is 2.98. The summed E-state index contributed by atoms with van der Waals surface area (Å²) in [6.45, 7) is 3.37. The van der Waals surface area contributed by atoms with Gasteiger partial charge in [-0.3, -0.25) is 9.59 Å². The Bertz CT molecular complexity index is 1110. The number of nitrogens with one attached hydrogen (secondary N) is 1. The molecule has 0 bridgehead atoms. The molecule has 0 atom stereocenters. The molecule has 3 aromatic rings. The van der Waals surface area contributed by atoms with E-state index in [4.69, 9.17) is 11.6 Å². The number of anilines is 1. The molecule has 0 saturated heterocycles. The van der Waals surface area contributed by atoms with Gasteiger partial charge >= 0.3 is 0 Å². The second kappa shape index (κ2) is 8.97. The second-order valence-corrected chi connectivity index (χ2v) is 8.08. The molecule has 2 amide bonds. The first-order chi connectivity index (χ1) is 14.2. The molecule has 1 heterocycles. The molecule has 0 saturated carbocycles. The molecule has 30 heavy (non-hydrogen) atoms. The van der Waals surface area contributed by atoms with Crippen LogP contribution in [0.25, 0.3) is 5.69 Å². The van der Waals surface area contributed by atoms with Crippen molar-refractivity contribution >= 4 is 45.0 Å². The van der Waals surface area contributed by atoms with Crippen molar-refractivity contribution in [3.05, 3.63) is 74.7 Å². The van der Waals surface area contributed by atoms with Gasteiger partial charge in [-0.15, -0.1) is 0 Å². The summed E-state index contributed by atoms with van der Waals surface area (Å²) in [5.41, 5.74) is 2.68. The van der Waals surface area contributed by atoms with Crippen LogP contribution in [0, 0.1) is 19.7 Å². The van der Waals surface area contributed by atoms with Crippen LogP contribution in [0.3, 0.4) is 0 Å². The SMILES string of the molecule is Cc1cc(Br)ccc1NC(=O)CN(C)C(=O)c1c(C)nn(-c2ccc(F)cc2)c1Cl. The average molecular weight is 494 g/mol. The Hall–Kier alpha value is -2.71. The van der Waals surface area contributed by atoms with Crippen LogP contribution < -0.4 is 5.32 Å². The third-order valence-corrected chi connectivity index (χ3v) is 5.32. The van der Waals surface area contributed by atoms with E-state index in [1.54, 1.807) is 13.0 Å². The number of nitrogens with zero attached hydrogens (tertiary/aromatic N) is 3. The molecular weight excluding hydrogens is 475 g/mol. The van der Waals surface area contributed by atoms with Crippen LogP contribution in [0.2, 0.25) is 5.15 Å². The highest BCUT2D eigenvalue weighted by atomic mass is 79.9. The smallest absolute Gasteiger partial charge is 0.259 e. The summed E-state index contributed by atoms with van der Waals surface area (Å²) in [5, 5.41) is 7.18. The van der Waals surface area contributed by atoms with Crippen LogP contribution in [0.5, 0.6) is 0 Å². The Morgan fingerprint density at radius 1 is 1.20 bits per heavy atom. The monoisotopic (exact) mass is 492 g/mol. The first kappa shape index (κ1) is 22.0. The minimum Gasteiger partial charge on any atom is -0.332 e. The fraction of sp³-hybridized carbons (Fsp3) is 0.190. The van der Waals surface area contributed by atoms with Gasteiger partial charge in [-0.1, -0.05) is 27.5 Å². The number of likely N-dealkylation sites (N-methyl/N-ethyl adjacent to an activating group) is 1. The van der Waals surface area contributed by atoms with E-state index in [1.807, 2.05) is 19.1 Å². The maximum Gasteiger partial charge on any atom is 0.259 e. The third kappa shape index (κ3) is 4.71. The Kier molecular flexibility index (Phi) is 6.58. The zero-order valence-corrected chi connectivity index (χ0v) is 18.9. The minimum absolute atomic E-state index is 0.0973. The molecular formula is C21H19BrClFN4O2. The first-order valence-electron chi connectivity index (χ1n) is 9.00. The summed E-state index contributed by atoms with van der Waals surface area (Å²) in [7, 11) is 1.52. The van der Waals surface area contributed by atoms with E-state index in [0.717, 1.165) is 10.0 Å². The largest absolute Gasteiger partial charge is 0.332 e. The predicted octanol–water partition coefficient (Wildman–Crippen LogP) is 4.75. The molecule has 0 aliphatic carbocycles. The van der Waals surface area contributed by atoms with E-state index in [1.165, 1.54) is 40.9 Å². The lowest BCUT2D eigenvalue weighted by atomic mass is 10.2. The van der Waals surface area contributed by atoms with Crippen molar-refractivity contribution in [1.29, 1.82) is 0 Å². The van der Waals surface area contributed by atoms with Gasteiger partial charge in [-0.05, 0) is 61.9 Å². The first-order valence-corrected chi connectivity index (χ1v) is 10.2. The standard InChI is InChI=1S/C21H19BrClFN4O2/c1-12-10-14(22)4-9-17(12)25-18(29)11-27(3)21(30)19-13(2)26-28(20(19)23)16-7-5-15(24)6-8-16/h4-10H,11H2,1-3H3,(H,25,29). The number of carbonyl (C=O) groups excluding carboxylic acids is 2. The van der Waals surface area contributed by atoms with Gasteiger partial charge in [0.05, 0.1) is 23.5 Å². The van der Waals surface area contributed by atoms with E-state index >= 15 is 0 Å². The van der Waals surface area contributed by atoms with Gasteiger partial charge in [0.1, 0.15) is 11.0 Å². The van der Waals surface area contributed by atoms with Crippen LogP contribution in [-0.4, -0.2) is 40.1 Å².